The van der Waals surface area contributed by atoms with E-state index in [9.17, 15) is 4.79 Å². The van der Waals surface area contributed by atoms with Gasteiger partial charge in [-0.2, -0.15) is 0 Å². The minimum absolute atomic E-state index is 0.194. The topological polar surface area (TPSA) is 52.6 Å². The molecule has 0 saturated heterocycles. The van der Waals surface area contributed by atoms with E-state index in [1.165, 1.54) is 0 Å². The van der Waals surface area contributed by atoms with Gasteiger partial charge in [-0.05, 0) is 25.9 Å². The maximum Gasteiger partial charge on any atom is 0.322 e. The van der Waals surface area contributed by atoms with E-state index in [2.05, 4.69) is 24.1 Å². The van der Waals surface area contributed by atoms with Crippen LogP contribution in [0.2, 0.25) is 0 Å². The van der Waals surface area contributed by atoms with E-state index in [1.807, 2.05) is 20.9 Å². The molecule has 0 saturated carbocycles. The van der Waals surface area contributed by atoms with Gasteiger partial charge in [0.1, 0.15) is 6.04 Å². The molecule has 4 nitrogen and oxygen atoms in total. The Balaban J connectivity index is 4.03. The van der Waals surface area contributed by atoms with Crippen molar-refractivity contribution >= 4 is 5.97 Å². The van der Waals surface area contributed by atoms with Crippen molar-refractivity contribution in [1.82, 2.24) is 10.2 Å². The lowest BCUT2D eigenvalue weighted by Gasteiger charge is -2.24. The fourth-order valence-electron chi connectivity index (χ4n) is 1.49. The lowest BCUT2D eigenvalue weighted by molar-refractivity contribution is -0.140. The third kappa shape index (κ3) is 7.65. The molecule has 0 aliphatic rings. The zero-order valence-electron chi connectivity index (χ0n) is 11.2. The number of aliphatic carboxylic acids is 1. The molecule has 1 atom stereocenters. The summed E-state index contributed by atoms with van der Waals surface area (Å²) in [4.78, 5) is 13.1. The lowest BCUT2D eigenvalue weighted by atomic mass is 10.1. The Labute approximate surface area is 99.0 Å². The number of carbonyl (C=O) groups is 1. The second kappa shape index (κ2) is 7.63. The molecular formula is C12H26N2O2. The van der Waals surface area contributed by atoms with Gasteiger partial charge in [0.05, 0.1) is 0 Å². The number of carboxylic acids is 1. The minimum atomic E-state index is -0.773. The summed E-state index contributed by atoms with van der Waals surface area (Å²) in [6, 6.07) is -0.281. The summed E-state index contributed by atoms with van der Waals surface area (Å²) in [6.45, 7) is 9.78. The molecule has 0 aromatic carbocycles. The predicted octanol–water partition coefficient (Wildman–Crippen LogP) is 1.42. The molecular weight excluding hydrogens is 204 g/mol. The first-order chi connectivity index (χ1) is 7.32. The van der Waals surface area contributed by atoms with Crippen LogP contribution in [-0.4, -0.2) is 48.2 Å². The smallest absolute Gasteiger partial charge is 0.322 e. The van der Waals surface area contributed by atoms with E-state index in [0.717, 1.165) is 13.0 Å². The van der Waals surface area contributed by atoms with Crippen LogP contribution < -0.4 is 5.32 Å². The number of likely N-dealkylation sites (N-methyl/N-ethyl adjacent to an activating group) is 1. The molecule has 0 aliphatic carbocycles. The molecule has 0 rings (SSSR count). The SMILES string of the molecule is CC(C)CCN(C)CC(NC(C)C)C(=O)O. The molecule has 0 aliphatic heterocycles. The van der Waals surface area contributed by atoms with Crippen molar-refractivity contribution in [3.63, 3.8) is 0 Å². The number of carboxylic acid groups (broad SMARTS) is 1. The van der Waals surface area contributed by atoms with Crippen molar-refractivity contribution in [3.8, 4) is 0 Å². The van der Waals surface area contributed by atoms with Gasteiger partial charge in [0, 0.05) is 12.6 Å². The Morgan fingerprint density at radius 1 is 1.31 bits per heavy atom. The standard InChI is InChI=1S/C12H26N2O2/c1-9(2)6-7-14(5)8-11(12(15)16)13-10(3)4/h9-11,13H,6-8H2,1-5H3,(H,15,16). The average molecular weight is 230 g/mol. The van der Waals surface area contributed by atoms with Crippen molar-refractivity contribution in [1.29, 1.82) is 0 Å². The Kier molecular flexibility index (Phi) is 7.34. The summed E-state index contributed by atoms with van der Waals surface area (Å²) >= 11 is 0. The maximum atomic E-state index is 11.0. The first kappa shape index (κ1) is 15.4. The Morgan fingerprint density at radius 3 is 2.25 bits per heavy atom. The van der Waals surface area contributed by atoms with Gasteiger partial charge in [-0.3, -0.25) is 4.79 Å². The van der Waals surface area contributed by atoms with E-state index in [0.29, 0.717) is 12.5 Å². The van der Waals surface area contributed by atoms with E-state index < -0.39 is 12.0 Å². The van der Waals surface area contributed by atoms with Gasteiger partial charge in [0.2, 0.25) is 0 Å². The van der Waals surface area contributed by atoms with Crippen molar-refractivity contribution in [2.75, 3.05) is 20.1 Å². The van der Waals surface area contributed by atoms with E-state index in [-0.39, 0.29) is 6.04 Å². The van der Waals surface area contributed by atoms with E-state index in [1.54, 1.807) is 0 Å². The third-order valence-corrected chi connectivity index (χ3v) is 2.42. The number of hydrogen-bond acceptors (Lipinski definition) is 3. The normalized spacial score (nSPS) is 13.8. The highest BCUT2D eigenvalue weighted by molar-refractivity contribution is 5.73. The fourth-order valence-corrected chi connectivity index (χ4v) is 1.49. The Morgan fingerprint density at radius 2 is 1.88 bits per heavy atom. The lowest BCUT2D eigenvalue weighted by Crippen LogP contribution is -2.48. The first-order valence-corrected chi connectivity index (χ1v) is 6.00. The van der Waals surface area contributed by atoms with Gasteiger partial charge >= 0.3 is 5.97 Å². The van der Waals surface area contributed by atoms with Gasteiger partial charge < -0.3 is 15.3 Å². The van der Waals surface area contributed by atoms with Gasteiger partial charge in [0.25, 0.3) is 0 Å². The summed E-state index contributed by atoms with van der Waals surface area (Å²) in [7, 11) is 1.97. The molecule has 2 N–H and O–H groups in total. The van der Waals surface area contributed by atoms with E-state index >= 15 is 0 Å². The summed E-state index contributed by atoms with van der Waals surface area (Å²) in [5, 5.41) is 12.1. The zero-order valence-corrected chi connectivity index (χ0v) is 11.2. The van der Waals surface area contributed by atoms with Crippen LogP contribution in [0.25, 0.3) is 0 Å². The molecule has 0 bridgehead atoms. The van der Waals surface area contributed by atoms with E-state index in [4.69, 9.17) is 5.11 Å². The van der Waals surface area contributed by atoms with Crippen LogP contribution in [0, 0.1) is 5.92 Å². The maximum absolute atomic E-state index is 11.0. The second-order valence-electron chi connectivity index (χ2n) is 5.16. The van der Waals surface area contributed by atoms with Gasteiger partial charge in [-0.25, -0.2) is 0 Å². The molecule has 1 unspecified atom stereocenters. The van der Waals surface area contributed by atoms with Crippen LogP contribution in [0.5, 0.6) is 0 Å². The number of hydrogen-bond donors (Lipinski definition) is 2. The van der Waals surface area contributed by atoms with Crippen molar-refractivity contribution in [3.05, 3.63) is 0 Å². The van der Waals surface area contributed by atoms with Crippen molar-refractivity contribution < 1.29 is 9.90 Å². The second-order valence-corrected chi connectivity index (χ2v) is 5.16. The van der Waals surface area contributed by atoms with Crippen LogP contribution in [0.15, 0.2) is 0 Å². The van der Waals surface area contributed by atoms with Gasteiger partial charge in [-0.15, -0.1) is 0 Å². The molecule has 0 heterocycles. The molecule has 0 amide bonds. The summed E-state index contributed by atoms with van der Waals surface area (Å²) in [6.07, 6.45) is 1.10. The quantitative estimate of drug-likeness (QED) is 0.662. The van der Waals surface area contributed by atoms with Crippen LogP contribution in [0.3, 0.4) is 0 Å². The summed E-state index contributed by atoms with van der Waals surface area (Å²) < 4.78 is 0. The van der Waals surface area contributed by atoms with Crippen LogP contribution in [0.4, 0.5) is 0 Å². The van der Waals surface area contributed by atoms with Crippen molar-refractivity contribution in [2.45, 2.75) is 46.2 Å². The monoisotopic (exact) mass is 230 g/mol. The molecule has 0 spiro atoms. The van der Waals surface area contributed by atoms with Crippen LogP contribution in [0.1, 0.15) is 34.1 Å². The molecule has 0 aromatic rings. The van der Waals surface area contributed by atoms with Gasteiger partial charge in [-0.1, -0.05) is 27.7 Å². The Hall–Kier alpha value is -0.610. The molecule has 4 heteroatoms. The van der Waals surface area contributed by atoms with Crippen LogP contribution in [-0.2, 0) is 4.79 Å². The highest BCUT2D eigenvalue weighted by Gasteiger charge is 2.19. The highest BCUT2D eigenvalue weighted by Crippen LogP contribution is 2.01. The molecule has 16 heavy (non-hydrogen) atoms. The predicted molar refractivity (Wildman–Crippen MR) is 66.6 cm³/mol. The van der Waals surface area contributed by atoms with Crippen LogP contribution >= 0.6 is 0 Å². The fraction of sp³-hybridized carbons (Fsp3) is 0.917. The molecule has 96 valence electrons. The molecule has 0 aromatic heterocycles. The number of nitrogens with zero attached hydrogens (tertiary/aromatic N) is 1. The zero-order chi connectivity index (χ0) is 12.7. The number of rotatable bonds is 8. The highest BCUT2D eigenvalue weighted by atomic mass is 16.4. The molecule has 0 radical (unpaired) electrons. The molecule has 0 fully saturated rings. The summed E-state index contributed by atoms with van der Waals surface area (Å²) in [5.41, 5.74) is 0. The van der Waals surface area contributed by atoms with Gasteiger partial charge in [0.15, 0.2) is 0 Å². The number of nitrogens with one attached hydrogen (secondary N) is 1. The average Bonchev–Trinajstić information content (AvgIpc) is 2.12. The third-order valence-electron chi connectivity index (χ3n) is 2.42. The minimum Gasteiger partial charge on any atom is -0.480 e. The summed E-state index contributed by atoms with van der Waals surface area (Å²) in [5.74, 6) is -0.117. The largest absolute Gasteiger partial charge is 0.480 e. The first-order valence-electron chi connectivity index (χ1n) is 6.00. The Bertz CT molecular complexity index is 205. The van der Waals surface area contributed by atoms with Crippen molar-refractivity contribution in [2.24, 2.45) is 5.92 Å².